The summed E-state index contributed by atoms with van der Waals surface area (Å²) in [5.41, 5.74) is 2.80. The Balaban J connectivity index is 1.97. The van der Waals surface area contributed by atoms with E-state index >= 15 is 0 Å². The van der Waals surface area contributed by atoms with Crippen molar-refractivity contribution in [1.82, 2.24) is 10.3 Å². The fraction of sp³-hybridized carbons (Fsp3) is 0.333. The number of benzene rings is 1. The number of hydrogen-bond donors (Lipinski definition) is 0. The summed E-state index contributed by atoms with van der Waals surface area (Å²) >= 11 is 0. The van der Waals surface area contributed by atoms with Crippen LogP contribution in [0.3, 0.4) is 0 Å². The minimum Gasteiger partial charge on any atom is -0.487 e. The molecule has 0 saturated heterocycles. The predicted molar refractivity (Wildman–Crippen MR) is 59.2 cm³/mol. The Morgan fingerprint density at radius 2 is 1.94 bits per heavy atom. The van der Waals surface area contributed by atoms with Gasteiger partial charge in [-0.25, -0.2) is 4.63 Å². The van der Waals surface area contributed by atoms with Crippen LogP contribution in [-0.2, 0) is 13.0 Å². The van der Waals surface area contributed by atoms with E-state index in [-0.39, 0.29) is 0 Å². The number of rotatable bonds is 4. The van der Waals surface area contributed by atoms with Crippen LogP contribution < -0.4 is 4.74 Å². The van der Waals surface area contributed by atoms with Crippen LogP contribution >= 0.6 is 0 Å². The van der Waals surface area contributed by atoms with Crippen LogP contribution in [0.5, 0.6) is 5.75 Å². The molecule has 84 valence electrons. The van der Waals surface area contributed by atoms with Gasteiger partial charge in [0.05, 0.1) is 0 Å². The van der Waals surface area contributed by atoms with Crippen LogP contribution in [0.15, 0.2) is 28.9 Å². The lowest BCUT2D eigenvalue weighted by Gasteiger charge is -2.04. The van der Waals surface area contributed by atoms with Gasteiger partial charge in [-0.1, -0.05) is 29.4 Å². The van der Waals surface area contributed by atoms with Crippen molar-refractivity contribution in [2.45, 2.75) is 26.9 Å². The first-order valence-electron chi connectivity index (χ1n) is 5.29. The molecule has 1 aromatic carbocycles. The third-order valence-corrected chi connectivity index (χ3v) is 2.45. The fourth-order valence-electron chi connectivity index (χ4n) is 1.35. The molecule has 4 nitrogen and oxygen atoms in total. The molecule has 0 amide bonds. The van der Waals surface area contributed by atoms with E-state index < -0.39 is 0 Å². The Kier molecular flexibility index (Phi) is 3.19. The van der Waals surface area contributed by atoms with E-state index in [1.807, 2.05) is 19.1 Å². The lowest BCUT2D eigenvalue weighted by molar-refractivity contribution is 0.270. The molecular formula is C12H14N2O2. The van der Waals surface area contributed by atoms with E-state index in [1.54, 1.807) is 0 Å². The van der Waals surface area contributed by atoms with Gasteiger partial charge in [0, 0.05) is 0 Å². The highest BCUT2D eigenvalue weighted by Gasteiger charge is 2.05. The Morgan fingerprint density at radius 1 is 1.19 bits per heavy atom. The van der Waals surface area contributed by atoms with Gasteiger partial charge in [0.2, 0.25) is 0 Å². The number of aromatic nitrogens is 2. The first-order chi connectivity index (χ1) is 7.79. The number of aryl methyl sites for hydroxylation is 2. The van der Waals surface area contributed by atoms with E-state index in [0.717, 1.165) is 23.6 Å². The number of nitrogens with zero attached hydrogens (tertiary/aromatic N) is 2. The average molecular weight is 218 g/mol. The summed E-state index contributed by atoms with van der Waals surface area (Å²) in [4.78, 5) is 0. The third kappa shape index (κ3) is 2.39. The Bertz CT molecular complexity index is 448. The van der Waals surface area contributed by atoms with Crippen LogP contribution in [-0.4, -0.2) is 10.3 Å². The second-order valence-corrected chi connectivity index (χ2v) is 3.58. The lowest BCUT2D eigenvalue weighted by Crippen LogP contribution is -1.97. The van der Waals surface area contributed by atoms with Gasteiger partial charge in [0.15, 0.2) is 0 Å². The molecule has 2 rings (SSSR count). The minimum absolute atomic E-state index is 0.390. The highest BCUT2D eigenvalue weighted by molar-refractivity contribution is 5.27. The van der Waals surface area contributed by atoms with Gasteiger partial charge in [-0.3, -0.25) is 0 Å². The maximum Gasteiger partial charge on any atom is 0.145 e. The SMILES string of the molecule is CCc1ccc(OCc2nonc2C)cc1. The van der Waals surface area contributed by atoms with Crippen LogP contribution in [0.2, 0.25) is 0 Å². The summed E-state index contributed by atoms with van der Waals surface area (Å²) in [5.74, 6) is 0.833. The highest BCUT2D eigenvalue weighted by Crippen LogP contribution is 2.14. The van der Waals surface area contributed by atoms with Crippen LogP contribution in [0.4, 0.5) is 0 Å². The molecule has 0 atom stereocenters. The smallest absolute Gasteiger partial charge is 0.145 e. The monoisotopic (exact) mass is 218 g/mol. The van der Waals surface area contributed by atoms with Crippen molar-refractivity contribution in [2.24, 2.45) is 0 Å². The summed E-state index contributed by atoms with van der Waals surface area (Å²) in [6, 6.07) is 8.04. The summed E-state index contributed by atoms with van der Waals surface area (Å²) < 4.78 is 10.2. The molecule has 0 bridgehead atoms. The largest absolute Gasteiger partial charge is 0.487 e. The van der Waals surface area contributed by atoms with E-state index in [4.69, 9.17) is 4.74 Å². The van der Waals surface area contributed by atoms with Crippen LogP contribution in [0, 0.1) is 6.92 Å². The second-order valence-electron chi connectivity index (χ2n) is 3.58. The zero-order chi connectivity index (χ0) is 11.4. The molecule has 0 unspecified atom stereocenters. The van der Waals surface area contributed by atoms with Gasteiger partial charge < -0.3 is 4.74 Å². The van der Waals surface area contributed by atoms with Gasteiger partial charge in [-0.2, -0.15) is 0 Å². The van der Waals surface area contributed by atoms with Gasteiger partial charge in [0.25, 0.3) is 0 Å². The highest BCUT2D eigenvalue weighted by atomic mass is 16.6. The van der Waals surface area contributed by atoms with Gasteiger partial charge >= 0.3 is 0 Å². The third-order valence-electron chi connectivity index (χ3n) is 2.45. The molecule has 0 aliphatic rings. The zero-order valence-corrected chi connectivity index (χ0v) is 9.43. The molecule has 16 heavy (non-hydrogen) atoms. The van der Waals surface area contributed by atoms with E-state index in [9.17, 15) is 0 Å². The summed E-state index contributed by atoms with van der Waals surface area (Å²) in [7, 11) is 0. The molecule has 0 aliphatic carbocycles. The second kappa shape index (κ2) is 4.79. The van der Waals surface area contributed by atoms with Crippen molar-refractivity contribution in [2.75, 3.05) is 0 Å². The molecule has 1 aromatic heterocycles. The molecule has 0 spiro atoms. The molecular weight excluding hydrogens is 204 g/mol. The van der Waals surface area contributed by atoms with Crippen LogP contribution in [0.25, 0.3) is 0 Å². The quantitative estimate of drug-likeness (QED) is 0.791. The van der Waals surface area contributed by atoms with Gasteiger partial charge in [0.1, 0.15) is 23.7 Å². The first kappa shape index (κ1) is 10.7. The molecule has 0 radical (unpaired) electrons. The van der Waals surface area contributed by atoms with Crippen LogP contribution in [0.1, 0.15) is 23.9 Å². The standard InChI is InChI=1S/C12H14N2O2/c1-3-10-4-6-11(7-5-10)15-8-12-9(2)13-16-14-12/h4-7H,3,8H2,1-2H3. The zero-order valence-electron chi connectivity index (χ0n) is 9.43. The molecule has 0 saturated carbocycles. The van der Waals surface area contributed by atoms with Crippen molar-refractivity contribution in [3.8, 4) is 5.75 Å². The minimum atomic E-state index is 0.390. The molecule has 0 N–H and O–H groups in total. The molecule has 0 fully saturated rings. The van der Waals surface area contributed by atoms with Crippen molar-refractivity contribution >= 4 is 0 Å². The van der Waals surface area contributed by atoms with Gasteiger partial charge in [-0.15, -0.1) is 0 Å². The van der Waals surface area contributed by atoms with Crippen molar-refractivity contribution in [1.29, 1.82) is 0 Å². The summed E-state index contributed by atoms with van der Waals surface area (Å²) in [6.45, 7) is 4.36. The Hall–Kier alpha value is -1.84. The average Bonchev–Trinajstić information content (AvgIpc) is 2.73. The van der Waals surface area contributed by atoms with Crippen molar-refractivity contribution in [3.05, 3.63) is 41.2 Å². The van der Waals surface area contributed by atoms with E-state index in [1.165, 1.54) is 5.56 Å². The topological polar surface area (TPSA) is 48.2 Å². The number of ether oxygens (including phenoxy) is 1. The first-order valence-corrected chi connectivity index (χ1v) is 5.29. The fourth-order valence-corrected chi connectivity index (χ4v) is 1.35. The Morgan fingerprint density at radius 3 is 2.50 bits per heavy atom. The Labute approximate surface area is 94.2 Å². The molecule has 4 heteroatoms. The lowest BCUT2D eigenvalue weighted by atomic mass is 10.2. The molecule has 0 aliphatic heterocycles. The van der Waals surface area contributed by atoms with E-state index in [0.29, 0.717) is 6.61 Å². The maximum atomic E-state index is 5.57. The van der Waals surface area contributed by atoms with E-state index in [2.05, 4.69) is 34.0 Å². The summed E-state index contributed by atoms with van der Waals surface area (Å²) in [6.07, 6.45) is 1.03. The predicted octanol–water partition coefficient (Wildman–Crippen LogP) is 2.52. The van der Waals surface area contributed by atoms with Crippen molar-refractivity contribution in [3.63, 3.8) is 0 Å². The van der Waals surface area contributed by atoms with Crippen molar-refractivity contribution < 1.29 is 9.37 Å². The number of hydrogen-bond acceptors (Lipinski definition) is 4. The molecule has 2 aromatic rings. The summed E-state index contributed by atoms with van der Waals surface area (Å²) in [5, 5.41) is 7.44. The maximum absolute atomic E-state index is 5.57. The molecule has 1 heterocycles. The normalized spacial score (nSPS) is 10.4. The van der Waals surface area contributed by atoms with Gasteiger partial charge in [-0.05, 0) is 31.0 Å².